The molecule has 0 atom stereocenters. The standard InChI is InChI=1S/C9H13N5OS/c1-6(2)14-4-3-13(9(14)15)5-7-11-12-8(10)16-7/h3-4,6H,5H2,1-2H3,(H2,10,12). The van der Waals surface area contributed by atoms with Gasteiger partial charge in [-0.15, -0.1) is 10.2 Å². The summed E-state index contributed by atoms with van der Waals surface area (Å²) >= 11 is 1.30. The second-order valence-corrected chi connectivity index (χ2v) is 4.84. The fraction of sp³-hybridized carbons (Fsp3) is 0.444. The summed E-state index contributed by atoms with van der Waals surface area (Å²) in [6.07, 6.45) is 3.53. The lowest BCUT2D eigenvalue weighted by Gasteiger charge is -2.03. The lowest BCUT2D eigenvalue weighted by Crippen LogP contribution is -2.25. The molecule has 6 nitrogen and oxygen atoms in total. The van der Waals surface area contributed by atoms with Crippen molar-refractivity contribution in [3.05, 3.63) is 27.9 Å². The van der Waals surface area contributed by atoms with Gasteiger partial charge in [0.2, 0.25) is 5.13 Å². The molecule has 7 heteroatoms. The molecule has 0 saturated heterocycles. The van der Waals surface area contributed by atoms with E-state index in [1.165, 1.54) is 11.3 Å². The minimum atomic E-state index is -0.0382. The fourth-order valence-corrected chi connectivity index (χ4v) is 2.03. The Morgan fingerprint density at radius 2 is 2.19 bits per heavy atom. The first-order valence-corrected chi connectivity index (χ1v) is 5.74. The first-order valence-electron chi connectivity index (χ1n) is 4.93. The molecule has 2 N–H and O–H groups in total. The van der Waals surface area contributed by atoms with Crippen molar-refractivity contribution >= 4 is 16.5 Å². The highest BCUT2D eigenvalue weighted by Gasteiger charge is 2.08. The smallest absolute Gasteiger partial charge is 0.328 e. The third-order valence-corrected chi connectivity index (χ3v) is 2.96. The summed E-state index contributed by atoms with van der Waals surface area (Å²) in [6.45, 7) is 4.36. The molecule has 2 aromatic rings. The van der Waals surface area contributed by atoms with E-state index < -0.39 is 0 Å². The summed E-state index contributed by atoms with van der Waals surface area (Å²) in [5.74, 6) is 0. The summed E-state index contributed by atoms with van der Waals surface area (Å²) in [4.78, 5) is 11.9. The molecular formula is C9H13N5OS. The molecule has 86 valence electrons. The molecule has 0 saturated carbocycles. The van der Waals surface area contributed by atoms with E-state index in [4.69, 9.17) is 5.73 Å². The Hall–Kier alpha value is -1.63. The van der Waals surface area contributed by atoms with Crippen LogP contribution in [-0.2, 0) is 6.54 Å². The van der Waals surface area contributed by atoms with Crippen LogP contribution in [0.15, 0.2) is 17.2 Å². The molecular weight excluding hydrogens is 226 g/mol. The highest BCUT2D eigenvalue weighted by molar-refractivity contribution is 7.15. The molecule has 0 aliphatic rings. The van der Waals surface area contributed by atoms with Crippen LogP contribution in [-0.4, -0.2) is 19.3 Å². The molecule has 0 spiro atoms. The van der Waals surface area contributed by atoms with E-state index in [-0.39, 0.29) is 11.7 Å². The Kier molecular flexibility index (Phi) is 2.78. The third kappa shape index (κ3) is 1.99. The molecule has 0 radical (unpaired) electrons. The molecule has 0 aromatic carbocycles. The monoisotopic (exact) mass is 239 g/mol. The van der Waals surface area contributed by atoms with Gasteiger partial charge in [0, 0.05) is 18.4 Å². The number of imidazole rings is 1. The molecule has 0 aliphatic heterocycles. The van der Waals surface area contributed by atoms with Crippen LogP contribution < -0.4 is 11.4 Å². The number of aromatic nitrogens is 4. The molecule has 2 aromatic heterocycles. The predicted octanol–water partition coefficient (Wildman–Crippen LogP) is 0.713. The van der Waals surface area contributed by atoms with Crippen molar-refractivity contribution in [3.8, 4) is 0 Å². The Balaban J connectivity index is 2.26. The highest BCUT2D eigenvalue weighted by atomic mass is 32.1. The lowest BCUT2D eigenvalue weighted by atomic mass is 10.4. The minimum absolute atomic E-state index is 0.0382. The van der Waals surface area contributed by atoms with Crippen molar-refractivity contribution in [3.63, 3.8) is 0 Å². The average Bonchev–Trinajstić information content (AvgIpc) is 2.76. The van der Waals surface area contributed by atoms with Gasteiger partial charge in [-0.05, 0) is 13.8 Å². The molecule has 16 heavy (non-hydrogen) atoms. The zero-order valence-corrected chi connectivity index (χ0v) is 9.94. The fourth-order valence-electron chi connectivity index (χ4n) is 1.42. The van der Waals surface area contributed by atoms with Gasteiger partial charge in [0.25, 0.3) is 0 Å². The lowest BCUT2D eigenvalue weighted by molar-refractivity contribution is 0.560. The Morgan fingerprint density at radius 3 is 2.69 bits per heavy atom. The van der Waals surface area contributed by atoms with Crippen LogP contribution in [0, 0.1) is 0 Å². The van der Waals surface area contributed by atoms with Gasteiger partial charge >= 0.3 is 5.69 Å². The highest BCUT2D eigenvalue weighted by Crippen LogP contribution is 2.11. The van der Waals surface area contributed by atoms with Crippen molar-refractivity contribution in [2.75, 3.05) is 5.73 Å². The Morgan fingerprint density at radius 1 is 1.44 bits per heavy atom. The van der Waals surface area contributed by atoms with E-state index in [1.54, 1.807) is 21.5 Å². The number of nitrogen functional groups attached to an aromatic ring is 1. The molecule has 2 heterocycles. The van der Waals surface area contributed by atoms with Crippen LogP contribution in [0.5, 0.6) is 0 Å². The van der Waals surface area contributed by atoms with E-state index in [2.05, 4.69) is 10.2 Å². The number of anilines is 1. The van der Waals surface area contributed by atoms with Crippen molar-refractivity contribution in [2.45, 2.75) is 26.4 Å². The van der Waals surface area contributed by atoms with E-state index in [1.807, 2.05) is 13.8 Å². The molecule has 0 fully saturated rings. The van der Waals surface area contributed by atoms with E-state index >= 15 is 0 Å². The molecule has 0 amide bonds. The van der Waals surface area contributed by atoms with Gasteiger partial charge in [-0.3, -0.25) is 9.13 Å². The van der Waals surface area contributed by atoms with Crippen LogP contribution >= 0.6 is 11.3 Å². The van der Waals surface area contributed by atoms with Crippen LogP contribution in [0.25, 0.3) is 0 Å². The summed E-state index contributed by atoms with van der Waals surface area (Å²) in [6, 6.07) is 0.160. The second-order valence-electron chi connectivity index (χ2n) is 3.74. The SMILES string of the molecule is CC(C)n1ccn(Cc2nnc(N)s2)c1=O. The number of hydrogen-bond acceptors (Lipinski definition) is 5. The van der Waals surface area contributed by atoms with Crippen molar-refractivity contribution in [1.82, 2.24) is 19.3 Å². The molecule has 0 bridgehead atoms. The average molecular weight is 239 g/mol. The van der Waals surface area contributed by atoms with Crippen LogP contribution in [0.4, 0.5) is 5.13 Å². The van der Waals surface area contributed by atoms with Crippen LogP contribution in [0.3, 0.4) is 0 Å². The summed E-state index contributed by atoms with van der Waals surface area (Å²) in [5.41, 5.74) is 5.44. The van der Waals surface area contributed by atoms with Gasteiger partial charge in [0.1, 0.15) is 5.01 Å². The zero-order valence-electron chi connectivity index (χ0n) is 9.12. The predicted molar refractivity (Wildman–Crippen MR) is 62.5 cm³/mol. The molecule has 0 aliphatic carbocycles. The normalized spacial score (nSPS) is 11.2. The van der Waals surface area contributed by atoms with E-state index in [9.17, 15) is 4.79 Å². The maximum absolute atomic E-state index is 11.9. The number of rotatable bonds is 3. The van der Waals surface area contributed by atoms with Gasteiger partial charge in [0.05, 0.1) is 6.54 Å². The van der Waals surface area contributed by atoms with Crippen molar-refractivity contribution in [1.29, 1.82) is 0 Å². The van der Waals surface area contributed by atoms with Gasteiger partial charge < -0.3 is 5.73 Å². The summed E-state index contributed by atoms with van der Waals surface area (Å²) < 4.78 is 3.27. The van der Waals surface area contributed by atoms with Gasteiger partial charge in [0.15, 0.2) is 0 Å². The number of nitrogens with two attached hydrogens (primary N) is 1. The van der Waals surface area contributed by atoms with Crippen molar-refractivity contribution < 1.29 is 0 Å². The summed E-state index contributed by atoms with van der Waals surface area (Å²) in [5, 5.41) is 8.75. The quantitative estimate of drug-likeness (QED) is 0.855. The van der Waals surface area contributed by atoms with Gasteiger partial charge in [-0.2, -0.15) is 0 Å². The van der Waals surface area contributed by atoms with Crippen LogP contribution in [0.2, 0.25) is 0 Å². The van der Waals surface area contributed by atoms with Crippen molar-refractivity contribution in [2.24, 2.45) is 0 Å². The Bertz CT molecular complexity index is 538. The van der Waals surface area contributed by atoms with Crippen LogP contribution in [0.1, 0.15) is 24.9 Å². The van der Waals surface area contributed by atoms with E-state index in [0.29, 0.717) is 11.7 Å². The zero-order chi connectivity index (χ0) is 11.7. The third-order valence-electron chi connectivity index (χ3n) is 2.22. The maximum atomic E-state index is 11.9. The molecule has 0 unspecified atom stereocenters. The number of hydrogen-bond donors (Lipinski definition) is 1. The first-order chi connectivity index (χ1) is 7.58. The first kappa shape index (κ1) is 10.9. The van der Waals surface area contributed by atoms with Gasteiger partial charge in [-0.25, -0.2) is 4.79 Å². The largest absolute Gasteiger partial charge is 0.374 e. The van der Waals surface area contributed by atoms with Gasteiger partial charge in [-0.1, -0.05) is 11.3 Å². The maximum Gasteiger partial charge on any atom is 0.328 e. The summed E-state index contributed by atoms with van der Waals surface area (Å²) in [7, 11) is 0. The minimum Gasteiger partial charge on any atom is -0.374 e. The Labute approximate surface area is 96.3 Å². The van der Waals surface area contributed by atoms with E-state index in [0.717, 1.165) is 5.01 Å². The number of nitrogens with zero attached hydrogens (tertiary/aromatic N) is 4. The topological polar surface area (TPSA) is 78.7 Å². The molecule has 2 rings (SSSR count). The second kappa shape index (κ2) is 4.09.